The van der Waals surface area contributed by atoms with E-state index in [9.17, 15) is 0 Å². The monoisotopic (exact) mass is 864 g/mol. The minimum Gasteiger partial charge on any atom is -0.309 e. The molecule has 0 aliphatic heterocycles. The van der Waals surface area contributed by atoms with E-state index in [1.165, 1.54) is 110 Å². The molecule has 318 valence electrons. The van der Waals surface area contributed by atoms with Crippen molar-refractivity contribution < 1.29 is 0 Å². The summed E-state index contributed by atoms with van der Waals surface area (Å²) in [6, 6.07) is 97.3. The van der Waals surface area contributed by atoms with Crippen LogP contribution in [0.25, 0.3) is 122 Å². The number of hydrogen-bond acceptors (Lipinski definition) is 0. The van der Waals surface area contributed by atoms with Crippen LogP contribution in [0.4, 0.5) is 0 Å². The zero-order valence-corrected chi connectivity index (χ0v) is 37.3. The Hall–Kier alpha value is -8.98. The SMILES string of the molecule is c1ccc(-c2ccc(-n3c4ccc(-c5ccc(-c6ccc7c(c6)c6c(-c8ccccc8)cccc6n7-c6ccccc6-c6ccccc6)cc5)cc4c4c(-c5ccccc5)cccc43)cc2)cc1. The van der Waals surface area contributed by atoms with Crippen LogP contribution in [0.1, 0.15) is 0 Å². The van der Waals surface area contributed by atoms with E-state index >= 15 is 0 Å². The van der Waals surface area contributed by atoms with Crippen LogP contribution in [-0.2, 0) is 0 Å². The average Bonchev–Trinajstić information content (AvgIpc) is 3.94. The summed E-state index contributed by atoms with van der Waals surface area (Å²) in [4.78, 5) is 0. The predicted molar refractivity (Wildman–Crippen MR) is 288 cm³/mol. The second kappa shape index (κ2) is 16.5. The Bertz CT molecular complexity index is 3960. The predicted octanol–water partition coefficient (Wildman–Crippen LogP) is 17.9. The minimum atomic E-state index is 1.14. The van der Waals surface area contributed by atoms with E-state index in [4.69, 9.17) is 0 Å². The summed E-state index contributed by atoms with van der Waals surface area (Å²) in [5.74, 6) is 0. The van der Waals surface area contributed by atoms with Gasteiger partial charge in [0, 0.05) is 32.8 Å². The lowest BCUT2D eigenvalue weighted by Crippen LogP contribution is -1.97. The molecule has 0 atom stereocenters. The topological polar surface area (TPSA) is 9.86 Å². The summed E-state index contributed by atoms with van der Waals surface area (Å²) in [5, 5.41) is 4.98. The van der Waals surface area contributed by atoms with Crippen LogP contribution < -0.4 is 0 Å². The average molecular weight is 865 g/mol. The lowest BCUT2D eigenvalue weighted by molar-refractivity contribution is 1.18. The van der Waals surface area contributed by atoms with Gasteiger partial charge in [-0.25, -0.2) is 0 Å². The molecule has 13 aromatic rings. The van der Waals surface area contributed by atoms with Crippen LogP contribution in [0.15, 0.2) is 267 Å². The molecule has 0 saturated heterocycles. The summed E-state index contributed by atoms with van der Waals surface area (Å²) in [6.45, 7) is 0. The molecule has 13 rings (SSSR count). The van der Waals surface area contributed by atoms with Crippen molar-refractivity contribution >= 4 is 43.6 Å². The van der Waals surface area contributed by atoms with Crippen LogP contribution in [-0.4, -0.2) is 9.13 Å². The molecule has 2 heteroatoms. The highest BCUT2D eigenvalue weighted by Crippen LogP contribution is 2.44. The number of rotatable bonds is 8. The number of benzene rings is 11. The summed E-state index contributed by atoms with van der Waals surface area (Å²) in [5.41, 5.74) is 21.5. The van der Waals surface area contributed by atoms with Gasteiger partial charge in [-0.3, -0.25) is 0 Å². The summed E-state index contributed by atoms with van der Waals surface area (Å²) >= 11 is 0. The Labute approximate surface area is 395 Å². The Balaban J connectivity index is 0.935. The van der Waals surface area contributed by atoms with Crippen molar-refractivity contribution in [3.63, 3.8) is 0 Å². The molecule has 0 radical (unpaired) electrons. The molecule has 68 heavy (non-hydrogen) atoms. The first-order valence-corrected chi connectivity index (χ1v) is 23.4. The van der Waals surface area contributed by atoms with E-state index < -0.39 is 0 Å². The number of para-hydroxylation sites is 1. The van der Waals surface area contributed by atoms with Gasteiger partial charge in [0.15, 0.2) is 0 Å². The van der Waals surface area contributed by atoms with Gasteiger partial charge in [-0.1, -0.05) is 212 Å². The number of nitrogens with zero attached hydrogens (tertiary/aromatic N) is 2. The van der Waals surface area contributed by atoms with Gasteiger partial charge in [0.05, 0.1) is 27.8 Å². The first-order chi connectivity index (χ1) is 33.7. The molecule has 2 nitrogen and oxygen atoms in total. The van der Waals surface area contributed by atoms with Gasteiger partial charge in [-0.05, 0) is 116 Å². The molecular weight excluding hydrogens is 821 g/mol. The highest BCUT2D eigenvalue weighted by molar-refractivity contribution is 6.18. The van der Waals surface area contributed by atoms with E-state index in [2.05, 4.69) is 276 Å². The largest absolute Gasteiger partial charge is 0.309 e. The Morgan fingerprint density at radius 1 is 0.206 bits per heavy atom. The van der Waals surface area contributed by atoms with E-state index in [1.54, 1.807) is 0 Å². The summed E-state index contributed by atoms with van der Waals surface area (Å²) in [7, 11) is 0. The Morgan fingerprint density at radius 3 is 1.07 bits per heavy atom. The van der Waals surface area contributed by atoms with Crippen LogP contribution in [0.5, 0.6) is 0 Å². The second-order valence-corrected chi connectivity index (χ2v) is 17.6. The van der Waals surface area contributed by atoms with Gasteiger partial charge >= 0.3 is 0 Å². The third kappa shape index (κ3) is 6.65. The number of hydrogen-bond donors (Lipinski definition) is 0. The van der Waals surface area contributed by atoms with Crippen molar-refractivity contribution in [1.82, 2.24) is 9.13 Å². The Kier molecular flexibility index (Phi) is 9.54. The maximum Gasteiger partial charge on any atom is 0.0547 e. The van der Waals surface area contributed by atoms with Gasteiger partial charge in [0.2, 0.25) is 0 Å². The van der Waals surface area contributed by atoms with Crippen LogP contribution in [0, 0.1) is 0 Å². The van der Waals surface area contributed by atoms with E-state index in [0.717, 1.165) is 11.4 Å². The van der Waals surface area contributed by atoms with E-state index in [0.29, 0.717) is 0 Å². The summed E-state index contributed by atoms with van der Waals surface area (Å²) < 4.78 is 4.89. The van der Waals surface area contributed by atoms with Gasteiger partial charge in [0.1, 0.15) is 0 Å². The van der Waals surface area contributed by atoms with Crippen molar-refractivity contribution in [2.24, 2.45) is 0 Å². The van der Waals surface area contributed by atoms with Crippen molar-refractivity contribution in [1.29, 1.82) is 0 Å². The molecular formula is C66H44N2. The Morgan fingerprint density at radius 2 is 0.559 bits per heavy atom. The minimum absolute atomic E-state index is 1.14. The van der Waals surface area contributed by atoms with Crippen molar-refractivity contribution in [2.75, 3.05) is 0 Å². The molecule has 0 N–H and O–H groups in total. The first kappa shape index (κ1) is 39.4. The highest BCUT2D eigenvalue weighted by atomic mass is 15.0. The zero-order valence-electron chi connectivity index (χ0n) is 37.3. The lowest BCUT2D eigenvalue weighted by Gasteiger charge is -2.14. The summed E-state index contributed by atoms with van der Waals surface area (Å²) in [6.07, 6.45) is 0. The molecule has 0 saturated carbocycles. The van der Waals surface area contributed by atoms with Crippen molar-refractivity contribution in [3.8, 4) is 78.1 Å². The molecule has 2 heterocycles. The zero-order chi connectivity index (χ0) is 45.0. The van der Waals surface area contributed by atoms with E-state index in [-0.39, 0.29) is 0 Å². The first-order valence-electron chi connectivity index (χ1n) is 23.4. The highest BCUT2D eigenvalue weighted by Gasteiger charge is 2.21. The van der Waals surface area contributed by atoms with Gasteiger partial charge in [-0.2, -0.15) is 0 Å². The smallest absolute Gasteiger partial charge is 0.0547 e. The molecule has 2 aromatic heterocycles. The molecule has 0 aliphatic carbocycles. The van der Waals surface area contributed by atoms with Crippen LogP contribution in [0.2, 0.25) is 0 Å². The van der Waals surface area contributed by atoms with Gasteiger partial charge in [-0.15, -0.1) is 0 Å². The fourth-order valence-corrected chi connectivity index (χ4v) is 10.6. The quantitative estimate of drug-likeness (QED) is 0.144. The molecule has 0 aliphatic rings. The molecule has 0 amide bonds. The normalized spacial score (nSPS) is 11.5. The van der Waals surface area contributed by atoms with Gasteiger partial charge < -0.3 is 9.13 Å². The van der Waals surface area contributed by atoms with E-state index in [1.807, 2.05) is 0 Å². The third-order valence-electron chi connectivity index (χ3n) is 13.8. The number of fused-ring (bicyclic) bond motifs is 6. The number of aromatic nitrogens is 2. The maximum absolute atomic E-state index is 2.46. The van der Waals surface area contributed by atoms with Crippen molar-refractivity contribution in [3.05, 3.63) is 267 Å². The fourth-order valence-electron chi connectivity index (χ4n) is 10.6. The fraction of sp³-hybridized carbons (Fsp3) is 0. The third-order valence-corrected chi connectivity index (χ3v) is 13.8. The molecule has 11 aromatic carbocycles. The molecule has 0 spiro atoms. The van der Waals surface area contributed by atoms with Crippen molar-refractivity contribution in [2.45, 2.75) is 0 Å². The molecule has 0 fully saturated rings. The van der Waals surface area contributed by atoms with Crippen LogP contribution in [0.3, 0.4) is 0 Å². The van der Waals surface area contributed by atoms with Crippen LogP contribution >= 0.6 is 0 Å². The lowest BCUT2D eigenvalue weighted by atomic mass is 9.95. The molecule has 0 bridgehead atoms. The standard InChI is InChI=1S/C66H44N2/c1-5-17-45(18-6-1)46-35-39-54(40-36-46)67-61-41-37-52(43-58(61)65-56(26-15-29-63(65)67)50-21-9-3-10-22-50)47-31-33-48(34-32-47)53-38-42-62-59(44-53)66-57(51-23-11-4-12-24-51)27-16-30-64(66)68(62)60-28-14-13-25-55(60)49-19-7-2-8-20-49/h1-44H. The molecule has 0 unspecified atom stereocenters. The maximum atomic E-state index is 2.46. The second-order valence-electron chi connectivity index (χ2n) is 17.6. The van der Waals surface area contributed by atoms with Gasteiger partial charge in [0.25, 0.3) is 0 Å².